The van der Waals surface area contributed by atoms with Gasteiger partial charge in [-0.3, -0.25) is 5.10 Å². The molecule has 0 atom stereocenters. The number of aryl methyl sites for hydroxylation is 1. The highest BCUT2D eigenvalue weighted by atomic mass is 15.1. The van der Waals surface area contributed by atoms with Gasteiger partial charge in [-0.1, -0.05) is 30.3 Å². The van der Waals surface area contributed by atoms with Crippen LogP contribution in [0.2, 0.25) is 0 Å². The van der Waals surface area contributed by atoms with E-state index in [1.54, 1.807) is 0 Å². The second-order valence-electron chi connectivity index (χ2n) is 7.38. The van der Waals surface area contributed by atoms with Crippen molar-refractivity contribution in [2.75, 3.05) is 26.2 Å². The van der Waals surface area contributed by atoms with Crippen LogP contribution in [0.3, 0.4) is 0 Å². The summed E-state index contributed by atoms with van der Waals surface area (Å²) in [4.78, 5) is 2.65. The van der Waals surface area contributed by atoms with Gasteiger partial charge in [0.2, 0.25) is 0 Å². The van der Waals surface area contributed by atoms with Gasteiger partial charge in [-0.05, 0) is 76.7 Å². The fourth-order valence-corrected chi connectivity index (χ4v) is 3.72. The van der Waals surface area contributed by atoms with Gasteiger partial charge >= 0.3 is 0 Å². The zero-order chi connectivity index (χ0) is 17.3. The minimum atomic E-state index is 0.874. The number of benzene rings is 1. The maximum absolute atomic E-state index is 4.06. The highest BCUT2D eigenvalue weighted by molar-refractivity contribution is 5.15. The molecule has 4 heteroatoms. The maximum atomic E-state index is 4.06. The van der Waals surface area contributed by atoms with Gasteiger partial charge < -0.3 is 10.2 Å². The van der Waals surface area contributed by atoms with Gasteiger partial charge in [0.25, 0.3) is 0 Å². The molecule has 2 heterocycles. The van der Waals surface area contributed by atoms with E-state index in [0.29, 0.717) is 0 Å². The Bertz CT molecular complexity index is 599. The van der Waals surface area contributed by atoms with Gasteiger partial charge in [-0.15, -0.1) is 0 Å². The summed E-state index contributed by atoms with van der Waals surface area (Å²) in [7, 11) is 0. The van der Waals surface area contributed by atoms with E-state index in [9.17, 15) is 0 Å². The lowest BCUT2D eigenvalue weighted by atomic mass is 9.90. The third kappa shape index (κ3) is 5.98. The van der Waals surface area contributed by atoms with Crippen LogP contribution in [0.1, 0.15) is 42.5 Å². The lowest BCUT2D eigenvalue weighted by Gasteiger charge is -2.32. The zero-order valence-electron chi connectivity index (χ0n) is 15.5. The number of hydrogen-bond donors (Lipinski definition) is 2. The third-order valence-electron chi connectivity index (χ3n) is 5.40. The van der Waals surface area contributed by atoms with E-state index >= 15 is 0 Å². The number of H-pyrrole nitrogens is 1. The van der Waals surface area contributed by atoms with Crippen LogP contribution < -0.4 is 5.32 Å². The summed E-state index contributed by atoms with van der Waals surface area (Å²) in [6.45, 7) is 7.90. The Balaban J connectivity index is 1.23. The normalized spacial score (nSPS) is 16.4. The number of aromatic amines is 1. The molecule has 1 aliphatic heterocycles. The molecule has 0 aliphatic carbocycles. The predicted molar refractivity (Wildman–Crippen MR) is 104 cm³/mol. The van der Waals surface area contributed by atoms with Gasteiger partial charge in [0, 0.05) is 17.8 Å². The van der Waals surface area contributed by atoms with Crippen molar-refractivity contribution in [3.8, 4) is 0 Å². The molecule has 0 bridgehead atoms. The monoisotopic (exact) mass is 340 g/mol. The first-order chi connectivity index (χ1) is 12.3. The van der Waals surface area contributed by atoms with Gasteiger partial charge in [0.1, 0.15) is 0 Å². The van der Waals surface area contributed by atoms with Crippen LogP contribution >= 0.6 is 0 Å². The number of hydrogen-bond acceptors (Lipinski definition) is 3. The largest absolute Gasteiger partial charge is 0.313 e. The highest BCUT2D eigenvalue weighted by Gasteiger charge is 2.18. The lowest BCUT2D eigenvalue weighted by Crippen LogP contribution is -2.35. The zero-order valence-corrected chi connectivity index (χ0v) is 15.5. The number of nitrogens with one attached hydrogen (secondary N) is 2. The van der Waals surface area contributed by atoms with Crippen molar-refractivity contribution >= 4 is 0 Å². The fourth-order valence-electron chi connectivity index (χ4n) is 3.72. The first-order valence-electron chi connectivity index (χ1n) is 9.77. The molecule has 2 aromatic rings. The molecule has 2 N–H and O–H groups in total. The average molecular weight is 341 g/mol. The van der Waals surface area contributed by atoms with Crippen LogP contribution in [0.4, 0.5) is 0 Å². The SMILES string of the molecule is Cc1[nH]ncc1CNCCCCN1CCC(Cc2ccccc2)CC1. The van der Waals surface area contributed by atoms with E-state index < -0.39 is 0 Å². The molecule has 1 saturated heterocycles. The van der Waals surface area contributed by atoms with Crippen molar-refractivity contribution in [2.24, 2.45) is 5.92 Å². The smallest absolute Gasteiger partial charge is 0.0535 e. The summed E-state index contributed by atoms with van der Waals surface area (Å²) in [5, 5.41) is 10.6. The molecule has 0 spiro atoms. The number of nitrogens with zero attached hydrogens (tertiary/aromatic N) is 2. The van der Waals surface area contributed by atoms with Gasteiger partial charge in [-0.2, -0.15) is 5.10 Å². The topological polar surface area (TPSA) is 44.0 Å². The number of piperidine rings is 1. The van der Waals surface area contributed by atoms with Crippen LogP contribution in [0.5, 0.6) is 0 Å². The van der Waals surface area contributed by atoms with E-state index in [1.807, 2.05) is 6.20 Å². The summed E-state index contributed by atoms with van der Waals surface area (Å²) in [5.41, 5.74) is 3.95. The van der Waals surface area contributed by atoms with E-state index in [-0.39, 0.29) is 0 Å². The summed E-state index contributed by atoms with van der Waals surface area (Å²) in [6, 6.07) is 11.0. The molecule has 0 saturated carbocycles. The number of likely N-dealkylation sites (tertiary alicyclic amines) is 1. The van der Waals surface area contributed by atoms with E-state index in [4.69, 9.17) is 0 Å². The molecule has 1 aliphatic rings. The first kappa shape index (κ1) is 18.2. The standard InChI is InChI=1S/C21H32N4/c1-18-21(17-23-24-18)16-22-11-5-6-12-25-13-9-20(10-14-25)15-19-7-3-2-4-8-19/h2-4,7-8,17,20,22H,5-6,9-16H2,1H3,(H,23,24). The van der Waals surface area contributed by atoms with Gasteiger partial charge in [0.05, 0.1) is 6.20 Å². The van der Waals surface area contributed by atoms with Crippen molar-refractivity contribution < 1.29 is 0 Å². The van der Waals surface area contributed by atoms with E-state index in [0.717, 1.165) is 19.0 Å². The molecule has 0 unspecified atom stereocenters. The molecule has 0 radical (unpaired) electrons. The fraction of sp³-hybridized carbons (Fsp3) is 0.571. The molecule has 1 fully saturated rings. The number of aromatic nitrogens is 2. The molecule has 1 aromatic heterocycles. The minimum absolute atomic E-state index is 0.874. The summed E-state index contributed by atoms with van der Waals surface area (Å²) in [5.74, 6) is 0.874. The minimum Gasteiger partial charge on any atom is -0.313 e. The van der Waals surface area contributed by atoms with Crippen LogP contribution in [-0.4, -0.2) is 41.3 Å². The van der Waals surface area contributed by atoms with Crippen molar-refractivity contribution in [1.29, 1.82) is 0 Å². The second-order valence-corrected chi connectivity index (χ2v) is 7.38. The molecule has 3 rings (SSSR count). The summed E-state index contributed by atoms with van der Waals surface area (Å²) >= 11 is 0. The van der Waals surface area contributed by atoms with Crippen LogP contribution in [-0.2, 0) is 13.0 Å². The van der Waals surface area contributed by atoms with Gasteiger partial charge in [-0.25, -0.2) is 0 Å². The average Bonchev–Trinajstić information content (AvgIpc) is 3.05. The molecular formula is C21H32N4. The van der Waals surface area contributed by atoms with Crippen molar-refractivity contribution in [3.63, 3.8) is 0 Å². The Morgan fingerprint density at radius 3 is 2.68 bits per heavy atom. The summed E-state index contributed by atoms with van der Waals surface area (Å²) < 4.78 is 0. The maximum Gasteiger partial charge on any atom is 0.0535 e. The van der Waals surface area contributed by atoms with Crippen molar-refractivity contribution in [1.82, 2.24) is 20.4 Å². The Morgan fingerprint density at radius 1 is 1.16 bits per heavy atom. The van der Waals surface area contributed by atoms with Crippen molar-refractivity contribution in [2.45, 2.75) is 45.6 Å². The van der Waals surface area contributed by atoms with Gasteiger partial charge in [0.15, 0.2) is 0 Å². The Labute approximate surface area is 152 Å². The second kappa shape index (κ2) is 9.73. The predicted octanol–water partition coefficient (Wildman–Crippen LogP) is 3.54. The highest BCUT2D eigenvalue weighted by Crippen LogP contribution is 2.21. The van der Waals surface area contributed by atoms with E-state index in [1.165, 1.54) is 68.6 Å². The molecular weight excluding hydrogens is 308 g/mol. The molecule has 25 heavy (non-hydrogen) atoms. The molecule has 4 nitrogen and oxygen atoms in total. The van der Waals surface area contributed by atoms with E-state index in [2.05, 4.69) is 57.7 Å². The summed E-state index contributed by atoms with van der Waals surface area (Å²) in [6.07, 6.45) is 8.43. The number of unbranched alkanes of at least 4 members (excludes halogenated alkanes) is 1. The van der Waals surface area contributed by atoms with Crippen LogP contribution in [0.25, 0.3) is 0 Å². The van der Waals surface area contributed by atoms with Crippen LogP contribution in [0, 0.1) is 12.8 Å². The van der Waals surface area contributed by atoms with Crippen LogP contribution in [0.15, 0.2) is 36.5 Å². The van der Waals surface area contributed by atoms with Crippen molar-refractivity contribution in [3.05, 3.63) is 53.3 Å². The third-order valence-corrected chi connectivity index (χ3v) is 5.40. The lowest BCUT2D eigenvalue weighted by molar-refractivity contribution is 0.181. The Kier molecular flexibility index (Phi) is 7.07. The molecule has 1 aromatic carbocycles. The first-order valence-corrected chi connectivity index (χ1v) is 9.77. The quantitative estimate of drug-likeness (QED) is 0.686. The Morgan fingerprint density at radius 2 is 1.96 bits per heavy atom. The molecule has 0 amide bonds. The number of rotatable bonds is 9. The molecule has 136 valence electrons. The Hall–Kier alpha value is -1.65.